The smallest absolute Gasteiger partial charge is 0.129 e. The summed E-state index contributed by atoms with van der Waals surface area (Å²) in [5, 5.41) is 1.17. The van der Waals surface area contributed by atoms with Crippen LogP contribution < -0.4 is 4.90 Å². The van der Waals surface area contributed by atoms with E-state index in [9.17, 15) is 0 Å². The molecular weight excluding hydrogens is 268 g/mol. The summed E-state index contributed by atoms with van der Waals surface area (Å²) in [6, 6.07) is 11.1. The molecule has 1 saturated carbocycles. The van der Waals surface area contributed by atoms with E-state index in [1.54, 1.807) is 0 Å². The lowest BCUT2D eigenvalue weighted by molar-refractivity contribution is 0.614. The molecule has 0 aliphatic heterocycles. The maximum Gasteiger partial charge on any atom is 0.129 e. The average molecular weight is 289 g/mol. The number of benzene rings is 1. The summed E-state index contributed by atoms with van der Waals surface area (Å²) in [5.74, 6) is 1.63. The Hall–Kier alpha value is -1.28. The minimum Gasteiger partial charge on any atom is -0.354 e. The monoisotopic (exact) mass is 288 g/mol. The summed E-state index contributed by atoms with van der Waals surface area (Å²) in [6.45, 7) is 3.23. The Bertz CT molecular complexity index is 591. The Morgan fingerprint density at radius 2 is 2.00 bits per heavy atom. The highest BCUT2D eigenvalue weighted by Crippen LogP contribution is 2.30. The van der Waals surface area contributed by atoms with Crippen molar-refractivity contribution in [3.05, 3.63) is 35.9 Å². The molecule has 0 bridgehead atoms. The first-order chi connectivity index (χ1) is 9.83. The highest BCUT2D eigenvalue weighted by Gasteiger charge is 2.23. The van der Waals surface area contributed by atoms with Gasteiger partial charge in [0.25, 0.3) is 0 Å². The lowest BCUT2D eigenvalue weighted by Crippen LogP contribution is -2.33. The van der Waals surface area contributed by atoms with Gasteiger partial charge in [0.15, 0.2) is 0 Å². The fourth-order valence-corrected chi connectivity index (χ4v) is 3.53. The zero-order chi connectivity index (χ0) is 13.9. The summed E-state index contributed by atoms with van der Waals surface area (Å²) in [4.78, 5) is 7.32. The van der Waals surface area contributed by atoms with Gasteiger partial charge in [-0.25, -0.2) is 4.98 Å². The molecule has 2 nitrogen and oxygen atoms in total. The second kappa shape index (κ2) is 6.01. The van der Waals surface area contributed by atoms with Gasteiger partial charge >= 0.3 is 0 Å². The van der Waals surface area contributed by atoms with E-state index in [4.69, 9.17) is 16.6 Å². The SMILES string of the molecule is CCN(c1cc(CCl)c2ccccc2n1)C1CCCC1. The van der Waals surface area contributed by atoms with Gasteiger partial charge in [0.2, 0.25) is 0 Å². The molecule has 0 radical (unpaired) electrons. The Labute approximate surface area is 125 Å². The quantitative estimate of drug-likeness (QED) is 0.755. The highest BCUT2D eigenvalue weighted by atomic mass is 35.5. The van der Waals surface area contributed by atoms with Crippen molar-refractivity contribution in [1.29, 1.82) is 0 Å². The first-order valence-corrected chi connectivity index (χ1v) is 8.08. The molecule has 0 atom stereocenters. The molecule has 3 rings (SSSR count). The van der Waals surface area contributed by atoms with E-state index in [1.807, 2.05) is 12.1 Å². The maximum atomic E-state index is 6.14. The third-order valence-electron chi connectivity index (χ3n) is 4.33. The molecule has 106 valence electrons. The van der Waals surface area contributed by atoms with E-state index in [0.29, 0.717) is 11.9 Å². The normalized spacial score (nSPS) is 15.9. The van der Waals surface area contributed by atoms with Gasteiger partial charge in [-0.2, -0.15) is 0 Å². The molecule has 1 aromatic heterocycles. The summed E-state index contributed by atoms with van der Waals surface area (Å²) in [7, 11) is 0. The van der Waals surface area contributed by atoms with Crippen molar-refractivity contribution < 1.29 is 0 Å². The number of aromatic nitrogens is 1. The number of halogens is 1. The number of hydrogen-bond acceptors (Lipinski definition) is 2. The van der Waals surface area contributed by atoms with Gasteiger partial charge in [-0.3, -0.25) is 0 Å². The lowest BCUT2D eigenvalue weighted by atomic mass is 10.1. The van der Waals surface area contributed by atoms with E-state index in [1.165, 1.54) is 36.6 Å². The number of rotatable bonds is 4. The van der Waals surface area contributed by atoms with Crippen LogP contribution in [-0.4, -0.2) is 17.6 Å². The summed E-state index contributed by atoms with van der Waals surface area (Å²) in [6.07, 6.45) is 5.27. The average Bonchev–Trinajstić information content (AvgIpc) is 3.01. The molecule has 2 aromatic rings. The van der Waals surface area contributed by atoms with Gasteiger partial charge in [-0.1, -0.05) is 31.0 Å². The molecule has 0 spiro atoms. The number of pyridine rings is 1. The molecule has 0 saturated heterocycles. The first kappa shape index (κ1) is 13.7. The van der Waals surface area contributed by atoms with Gasteiger partial charge in [-0.05, 0) is 37.5 Å². The molecule has 1 aliphatic carbocycles. The minimum atomic E-state index is 0.540. The van der Waals surface area contributed by atoms with Crippen LogP contribution in [0.15, 0.2) is 30.3 Å². The van der Waals surface area contributed by atoms with Gasteiger partial charge in [-0.15, -0.1) is 11.6 Å². The lowest BCUT2D eigenvalue weighted by Gasteiger charge is -2.29. The zero-order valence-corrected chi connectivity index (χ0v) is 12.7. The van der Waals surface area contributed by atoms with E-state index in [-0.39, 0.29) is 0 Å². The van der Waals surface area contributed by atoms with Gasteiger partial charge in [0.05, 0.1) is 5.52 Å². The largest absolute Gasteiger partial charge is 0.354 e. The van der Waals surface area contributed by atoms with Gasteiger partial charge in [0.1, 0.15) is 5.82 Å². The van der Waals surface area contributed by atoms with Crippen molar-refractivity contribution in [2.75, 3.05) is 11.4 Å². The Balaban J connectivity index is 2.05. The standard InChI is InChI=1S/C17H21ClN2/c1-2-20(14-7-3-4-8-14)17-11-13(12-18)15-9-5-6-10-16(15)19-17/h5-6,9-11,14H,2-4,7-8,12H2,1H3. The Morgan fingerprint density at radius 3 is 2.70 bits per heavy atom. The summed E-state index contributed by atoms with van der Waals surface area (Å²) < 4.78 is 0. The molecule has 1 aromatic carbocycles. The predicted molar refractivity (Wildman–Crippen MR) is 86.6 cm³/mol. The van der Waals surface area contributed by atoms with Crippen LogP contribution in [0.5, 0.6) is 0 Å². The number of anilines is 1. The van der Waals surface area contributed by atoms with Crippen molar-refractivity contribution >= 4 is 28.3 Å². The third kappa shape index (κ3) is 2.49. The highest BCUT2D eigenvalue weighted by molar-refractivity contribution is 6.18. The molecule has 3 heteroatoms. The van der Waals surface area contributed by atoms with E-state index < -0.39 is 0 Å². The van der Waals surface area contributed by atoms with E-state index in [2.05, 4.69) is 30.0 Å². The van der Waals surface area contributed by atoms with Crippen LogP contribution in [0.2, 0.25) is 0 Å². The Kier molecular flexibility index (Phi) is 4.11. The van der Waals surface area contributed by atoms with Gasteiger partial charge in [0, 0.05) is 23.9 Å². The van der Waals surface area contributed by atoms with E-state index in [0.717, 1.165) is 17.9 Å². The predicted octanol–water partition coefficient (Wildman–Crippen LogP) is 4.74. The molecule has 1 aliphatic rings. The molecule has 20 heavy (non-hydrogen) atoms. The van der Waals surface area contributed by atoms with Crippen LogP contribution in [-0.2, 0) is 5.88 Å². The summed E-state index contributed by atoms with van der Waals surface area (Å²) in [5.41, 5.74) is 2.24. The van der Waals surface area contributed by atoms with E-state index >= 15 is 0 Å². The maximum absolute atomic E-state index is 6.14. The topological polar surface area (TPSA) is 16.1 Å². The van der Waals surface area contributed by atoms with Crippen molar-refractivity contribution in [3.63, 3.8) is 0 Å². The van der Waals surface area contributed by atoms with Crippen LogP contribution in [0.1, 0.15) is 38.2 Å². The first-order valence-electron chi connectivity index (χ1n) is 7.54. The molecule has 1 fully saturated rings. The minimum absolute atomic E-state index is 0.540. The second-order valence-electron chi connectivity index (χ2n) is 5.51. The van der Waals surface area contributed by atoms with Crippen LogP contribution >= 0.6 is 11.6 Å². The third-order valence-corrected chi connectivity index (χ3v) is 4.62. The summed E-state index contributed by atoms with van der Waals surface area (Å²) >= 11 is 6.14. The molecule has 1 heterocycles. The fraction of sp³-hybridized carbons (Fsp3) is 0.471. The molecule has 0 N–H and O–H groups in total. The molecule has 0 amide bonds. The number of fused-ring (bicyclic) bond motifs is 1. The fourth-order valence-electron chi connectivity index (χ4n) is 3.31. The zero-order valence-electron chi connectivity index (χ0n) is 12.0. The van der Waals surface area contributed by atoms with Crippen LogP contribution in [0.3, 0.4) is 0 Å². The van der Waals surface area contributed by atoms with Gasteiger partial charge < -0.3 is 4.90 Å². The molecule has 0 unspecified atom stereocenters. The number of alkyl halides is 1. The van der Waals surface area contributed by atoms with Crippen molar-refractivity contribution in [1.82, 2.24) is 4.98 Å². The van der Waals surface area contributed by atoms with Crippen molar-refractivity contribution in [2.24, 2.45) is 0 Å². The number of hydrogen-bond donors (Lipinski definition) is 0. The van der Waals surface area contributed by atoms with Crippen molar-refractivity contribution in [3.8, 4) is 0 Å². The molecular formula is C17H21ClN2. The van der Waals surface area contributed by atoms with Crippen LogP contribution in [0.4, 0.5) is 5.82 Å². The van der Waals surface area contributed by atoms with Crippen LogP contribution in [0.25, 0.3) is 10.9 Å². The Morgan fingerprint density at radius 1 is 1.25 bits per heavy atom. The van der Waals surface area contributed by atoms with Crippen LogP contribution in [0, 0.1) is 0 Å². The number of nitrogens with zero attached hydrogens (tertiary/aromatic N) is 2. The second-order valence-corrected chi connectivity index (χ2v) is 5.78. The van der Waals surface area contributed by atoms with Crippen molar-refractivity contribution in [2.45, 2.75) is 44.5 Å². The number of para-hydroxylation sites is 1.